The molecule has 0 unspecified atom stereocenters. The second-order valence-electron chi connectivity index (χ2n) is 14.4. The van der Waals surface area contributed by atoms with Gasteiger partial charge in [-0.1, -0.05) is 101 Å². The van der Waals surface area contributed by atoms with Crippen LogP contribution in [0.4, 0.5) is 0 Å². The number of carboxylic acids is 1. The van der Waals surface area contributed by atoms with E-state index >= 15 is 0 Å². The van der Waals surface area contributed by atoms with Crippen molar-refractivity contribution in [2.24, 2.45) is 0 Å². The summed E-state index contributed by atoms with van der Waals surface area (Å²) in [5.41, 5.74) is 7.56. The summed E-state index contributed by atoms with van der Waals surface area (Å²) in [6, 6.07) is 37.6. The van der Waals surface area contributed by atoms with Crippen LogP contribution in [0.1, 0.15) is 81.2 Å². The summed E-state index contributed by atoms with van der Waals surface area (Å²) < 4.78 is 4.63. The Balaban J connectivity index is 1.16. The number of rotatable bonds is 16. The van der Waals surface area contributed by atoms with E-state index in [0.717, 1.165) is 27.1 Å². The van der Waals surface area contributed by atoms with Crippen LogP contribution in [-0.2, 0) is 17.6 Å². The number of thiophene rings is 4. The molecule has 0 aliphatic rings. The van der Waals surface area contributed by atoms with Gasteiger partial charge in [0.15, 0.2) is 0 Å². The molecule has 3 aromatic carbocycles. The molecule has 0 saturated carbocycles. The van der Waals surface area contributed by atoms with Crippen LogP contribution >= 0.6 is 45.3 Å². The Bertz CT molecular complexity index is 2640. The highest BCUT2D eigenvalue weighted by atomic mass is 32.1. The molecular weight excluding hydrogens is 765 g/mol. The summed E-state index contributed by atoms with van der Waals surface area (Å²) in [7, 11) is 0. The number of para-hydroxylation sites is 2. The van der Waals surface area contributed by atoms with Crippen molar-refractivity contribution < 1.29 is 9.90 Å². The molecule has 4 nitrogen and oxygen atoms in total. The molecule has 56 heavy (non-hydrogen) atoms. The lowest BCUT2D eigenvalue weighted by molar-refractivity contribution is -0.132. The van der Waals surface area contributed by atoms with Gasteiger partial charge in [-0.25, -0.2) is 4.79 Å². The monoisotopic (exact) mass is 808 g/mol. The third-order valence-corrected chi connectivity index (χ3v) is 15.5. The molecule has 5 aromatic heterocycles. The molecule has 0 aliphatic carbocycles. The summed E-state index contributed by atoms with van der Waals surface area (Å²) in [5, 5.41) is 21.2. The number of nitrogens with zero attached hydrogens (tertiary/aromatic N) is 2. The Morgan fingerprint density at radius 3 is 1.84 bits per heavy atom. The number of aromatic nitrogens is 1. The molecule has 5 heterocycles. The number of aryl methyl sites for hydroxylation is 2. The number of carboxylic acid groups (broad SMARTS) is 1. The molecule has 0 bridgehead atoms. The van der Waals surface area contributed by atoms with Crippen molar-refractivity contribution in [2.75, 3.05) is 0 Å². The Kier molecular flexibility index (Phi) is 11.7. The SMILES string of the molecule is CCCCCCc1cc(-c2sc(-c3cc4sc(/C=C(\C#N)C(=O)O)cc4s3)cc2CCCCCC)sc1-c1ccc(-n2c3ccccc3c3ccccc32)cc1. The number of carbonyl (C=O) groups is 1. The Morgan fingerprint density at radius 1 is 0.661 bits per heavy atom. The van der Waals surface area contributed by atoms with E-state index in [0.29, 0.717) is 0 Å². The van der Waals surface area contributed by atoms with Gasteiger partial charge in [-0.05, 0) is 97.0 Å². The summed E-state index contributed by atoms with van der Waals surface area (Å²) in [6.45, 7) is 4.55. The van der Waals surface area contributed by atoms with Crippen LogP contribution in [0.5, 0.6) is 0 Å². The maximum Gasteiger partial charge on any atom is 0.346 e. The summed E-state index contributed by atoms with van der Waals surface area (Å²) in [6.07, 6.45) is 13.5. The first-order valence-corrected chi connectivity index (χ1v) is 23.0. The van der Waals surface area contributed by atoms with Crippen LogP contribution in [0.15, 0.2) is 103 Å². The topological polar surface area (TPSA) is 66.0 Å². The third-order valence-electron chi connectivity index (χ3n) is 10.5. The van der Waals surface area contributed by atoms with Crippen molar-refractivity contribution in [1.29, 1.82) is 5.26 Å². The largest absolute Gasteiger partial charge is 0.477 e. The van der Waals surface area contributed by atoms with Gasteiger partial charge in [-0.3, -0.25) is 0 Å². The van der Waals surface area contributed by atoms with Crippen LogP contribution in [0.2, 0.25) is 0 Å². The molecule has 0 atom stereocenters. The normalized spacial score (nSPS) is 12.0. The number of hydrogen-bond acceptors (Lipinski definition) is 6. The van der Waals surface area contributed by atoms with Crippen molar-refractivity contribution in [2.45, 2.75) is 78.1 Å². The molecule has 0 radical (unpaired) electrons. The number of unbranched alkanes of at least 4 members (excludes halogenated alkanes) is 6. The second kappa shape index (κ2) is 17.2. The van der Waals surface area contributed by atoms with Gasteiger partial charge >= 0.3 is 5.97 Å². The van der Waals surface area contributed by atoms with E-state index in [1.54, 1.807) is 28.7 Å². The molecule has 0 fully saturated rings. The zero-order valence-corrected chi connectivity index (χ0v) is 35.0. The molecule has 1 N–H and O–H groups in total. The first-order valence-electron chi connectivity index (χ1n) is 19.7. The predicted molar refractivity (Wildman–Crippen MR) is 243 cm³/mol. The number of benzene rings is 3. The molecule has 8 heteroatoms. The Hall–Kier alpha value is -4.78. The summed E-state index contributed by atoms with van der Waals surface area (Å²) >= 11 is 7.15. The van der Waals surface area contributed by atoms with Crippen molar-refractivity contribution in [3.8, 4) is 41.7 Å². The van der Waals surface area contributed by atoms with E-state index in [1.165, 1.54) is 126 Å². The molecule has 282 valence electrons. The number of hydrogen-bond donors (Lipinski definition) is 1. The Morgan fingerprint density at radius 2 is 1.23 bits per heavy atom. The zero-order valence-electron chi connectivity index (χ0n) is 31.8. The lowest BCUT2D eigenvalue weighted by atomic mass is 10.0. The molecule has 8 rings (SSSR count). The van der Waals surface area contributed by atoms with Gasteiger partial charge in [0.1, 0.15) is 11.6 Å². The molecule has 8 aromatic rings. The van der Waals surface area contributed by atoms with Crippen LogP contribution in [0.25, 0.3) is 72.9 Å². The van der Waals surface area contributed by atoms with Gasteiger partial charge < -0.3 is 9.67 Å². The van der Waals surface area contributed by atoms with Gasteiger partial charge in [-0.2, -0.15) is 5.26 Å². The minimum Gasteiger partial charge on any atom is -0.477 e. The van der Waals surface area contributed by atoms with E-state index in [1.807, 2.05) is 28.7 Å². The number of aliphatic carboxylic acids is 1. The minimum absolute atomic E-state index is 0.242. The maximum atomic E-state index is 11.4. The average molecular weight is 809 g/mol. The van der Waals surface area contributed by atoms with Gasteiger partial charge in [0.25, 0.3) is 0 Å². The first kappa shape index (κ1) is 38.1. The first-order chi connectivity index (χ1) is 27.4. The standard InChI is InChI=1S/C48H44N2O2S4/c1-3-5-7-9-15-32-27-45(56-46(32)31-21-23-35(24-22-31)50-39-19-13-11-17-37(39)38-18-12-14-20-40(38)50)47-33(16-10-8-6-4-2)26-41(55-47)44-29-43-42(54-44)28-36(53-43)25-34(30-49)48(51)52/h11-14,17-29H,3-10,15-16H2,1-2H3,(H,51,52)/b34-25+. The highest BCUT2D eigenvalue weighted by molar-refractivity contribution is 7.32. The van der Waals surface area contributed by atoms with Gasteiger partial charge in [0.05, 0.1) is 11.0 Å². The highest BCUT2D eigenvalue weighted by Crippen LogP contribution is 2.48. The van der Waals surface area contributed by atoms with Gasteiger partial charge in [0.2, 0.25) is 0 Å². The lowest BCUT2D eigenvalue weighted by Crippen LogP contribution is -1.96. The fourth-order valence-electron chi connectivity index (χ4n) is 7.69. The fourth-order valence-corrected chi connectivity index (χ4v) is 12.7. The highest BCUT2D eigenvalue weighted by Gasteiger charge is 2.20. The maximum absolute atomic E-state index is 11.4. The molecular formula is C48H44N2O2S4. The fraction of sp³-hybridized carbons (Fsp3) is 0.250. The van der Waals surface area contributed by atoms with Crippen molar-refractivity contribution >= 4 is 88.6 Å². The summed E-state index contributed by atoms with van der Waals surface area (Å²) in [4.78, 5) is 18.9. The van der Waals surface area contributed by atoms with Crippen molar-refractivity contribution in [1.82, 2.24) is 4.57 Å². The Labute approximate surface area is 344 Å². The van der Waals surface area contributed by atoms with Crippen LogP contribution in [0.3, 0.4) is 0 Å². The third kappa shape index (κ3) is 7.79. The molecule has 0 amide bonds. The van der Waals surface area contributed by atoms with E-state index in [2.05, 4.69) is 109 Å². The zero-order chi connectivity index (χ0) is 38.6. The lowest BCUT2D eigenvalue weighted by Gasteiger charge is -2.10. The minimum atomic E-state index is -1.19. The smallest absolute Gasteiger partial charge is 0.346 e. The molecule has 0 aliphatic heterocycles. The van der Waals surface area contributed by atoms with E-state index in [4.69, 9.17) is 0 Å². The second-order valence-corrected chi connectivity index (χ2v) is 18.7. The summed E-state index contributed by atoms with van der Waals surface area (Å²) in [5.74, 6) is -1.19. The van der Waals surface area contributed by atoms with E-state index in [-0.39, 0.29) is 5.57 Å². The predicted octanol–water partition coefficient (Wildman–Crippen LogP) is 15.4. The van der Waals surface area contributed by atoms with Crippen LogP contribution < -0.4 is 0 Å². The van der Waals surface area contributed by atoms with E-state index in [9.17, 15) is 15.2 Å². The van der Waals surface area contributed by atoms with E-state index < -0.39 is 5.97 Å². The van der Waals surface area contributed by atoms with Crippen LogP contribution in [0, 0.1) is 11.3 Å². The van der Waals surface area contributed by atoms with Gasteiger partial charge in [-0.15, -0.1) is 45.3 Å². The van der Waals surface area contributed by atoms with Crippen molar-refractivity contribution in [3.63, 3.8) is 0 Å². The number of fused-ring (bicyclic) bond motifs is 4. The average Bonchev–Trinajstić information content (AvgIpc) is 4.04. The van der Waals surface area contributed by atoms with Crippen LogP contribution in [-0.4, -0.2) is 15.6 Å². The quantitative estimate of drug-likeness (QED) is 0.0601. The number of nitriles is 1. The van der Waals surface area contributed by atoms with Crippen molar-refractivity contribution in [3.05, 3.63) is 119 Å². The molecule has 0 saturated heterocycles. The van der Waals surface area contributed by atoms with Gasteiger partial charge in [0, 0.05) is 55.1 Å². The molecule has 0 spiro atoms.